The van der Waals surface area contributed by atoms with Crippen LogP contribution in [-0.2, 0) is 0 Å². The zero-order chi connectivity index (χ0) is 7.68. The van der Waals surface area contributed by atoms with Crippen molar-refractivity contribution >= 4 is 11.3 Å². The molecule has 1 nitrogen and oxygen atoms in total. The van der Waals surface area contributed by atoms with Gasteiger partial charge in [-0.15, -0.1) is 11.3 Å². The van der Waals surface area contributed by atoms with E-state index in [2.05, 4.69) is 41.6 Å². The van der Waals surface area contributed by atoms with Crippen LogP contribution in [0.2, 0.25) is 0 Å². The van der Waals surface area contributed by atoms with Gasteiger partial charge in [0.1, 0.15) is 0 Å². The summed E-state index contributed by atoms with van der Waals surface area (Å²) >= 11 is 1.76. The lowest BCUT2D eigenvalue weighted by molar-refractivity contribution is 1.27. The van der Waals surface area contributed by atoms with E-state index in [-0.39, 0.29) is 0 Å². The van der Waals surface area contributed by atoms with E-state index in [0.29, 0.717) is 0 Å². The highest BCUT2D eigenvalue weighted by Crippen LogP contribution is 2.23. The molecule has 0 saturated carbocycles. The molecule has 0 fully saturated rings. The number of hydrogen-bond acceptors (Lipinski definition) is 1. The Kier molecular flexibility index (Phi) is 1.55. The van der Waals surface area contributed by atoms with E-state index in [1.165, 1.54) is 16.3 Å². The Labute approximate surface area is 69.7 Å². The number of H-pyrrole nitrogens is 1. The number of aromatic nitrogens is 1. The van der Waals surface area contributed by atoms with E-state index in [1.807, 2.05) is 0 Å². The summed E-state index contributed by atoms with van der Waals surface area (Å²) in [6.45, 7) is 2.07. The molecule has 0 unspecified atom stereocenters. The maximum Gasteiger partial charge on any atom is 0.0557 e. The van der Waals surface area contributed by atoms with Crippen molar-refractivity contribution in [2.45, 2.75) is 6.92 Å². The Bertz CT molecular complexity index is 332. The van der Waals surface area contributed by atoms with Crippen LogP contribution < -0.4 is 0 Å². The fraction of sp³-hybridized carbons (Fsp3) is 0.111. The van der Waals surface area contributed by atoms with E-state index < -0.39 is 0 Å². The average molecular weight is 163 g/mol. The summed E-state index contributed by atoms with van der Waals surface area (Å²) < 4.78 is 0. The van der Waals surface area contributed by atoms with Gasteiger partial charge in [0.05, 0.1) is 10.6 Å². The van der Waals surface area contributed by atoms with E-state index in [1.54, 1.807) is 11.3 Å². The molecule has 0 atom stereocenters. The van der Waals surface area contributed by atoms with Crippen molar-refractivity contribution in [3.05, 3.63) is 35.3 Å². The van der Waals surface area contributed by atoms with Gasteiger partial charge in [-0.05, 0) is 30.5 Å². The summed E-state index contributed by atoms with van der Waals surface area (Å²) in [5.41, 5.74) is 2.44. The van der Waals surface area contributed by atoms with Crippen LogP contribution in [0.3, 0.4) is 0 Å². The standard InChI is InChI=1S/C9H9NS/c1-7-4-5-8(10-7)9-3-2-6-11-9/h2-6,10H,1H3. The summed E-state index contributed by atoms with van der Waals surface area (Å²) in [5, 5.41) is 2.09. The van der Waals surface area contributed by atoms with Gasteiger partial charge in [-0.1, -0.05) is 6.07 Å². The molecule has 56 valence electrons. The number of aryl methyl sites for hydroxylation is 1. The highest BCUT2D eigenvalue weighted by molar-refractivity contribution is 7.13. The maximum atomic E-state index is 3.29. The van der Waals surface area contributed by atoms with E-state index in [4.69, 9.17) is 0 Å². The zero-order valence-corrected chi connectivity index (χ0v) is 7.11. The van der Waals surface area contributed by atoms with Gasteiger partial charge in [0, 0.05) is 5.69 Å². The summed E-state index contributed by atoms with van der Waals surface area (Å²) in [7, 11) is 0. The average Bonchev–Trinajstić information content (AvgIpc) is 2.55. The summed E-state index contributed by atoms with van der Waals surface area (Å²) in [5.74, 6) is 0. The minimum atomic E-state index is 1.22. The van der Waals surface area contributed by atoms with E-state index >= 15 is 0 Å². The molecule has 0 spiro atoms. The molecule has 0 radical (unpaired) electrons. The maximum absolute atomic E-state index is 3.29. The minimum Gasteiger partial charge on any atom is -0.358 e. The Hall–Kier alpha value is -1.02. The normalized spacial score (nSPS) is 10.3. The molecule has 0 saturated heterocycles. The van der Waals surface area contributed by atoms with Crippen LogP contribution in [0.4, 0.5) is 0 Å². The predicted molar refractivity (Wildman–Crippen MR) is 48.8 cm³/mol. The Morgan fingerprint density at radius 1 is 1.27 bits per heavy atom. The first-order valence-electron chi connectivity index (χ1n) is 3.56. The van der Waals surface area contributed by atoms with Gasteiger partial charge in [0.15, 0.2) is 0 Å². The molecular weight excluding hydrogens is 154 g/mol. The van der Waals surface area contributed by atoms with Crippen molar-refractivity contribution in [2.75, 3.05) is 0 Å². The first-order valence-corrected chi connectivity index (χ1v) is 4.44. The Morgan fingerprint density at radius 3 is 2.73 bits per heavy atom. The van der Waals surface area contributed by atoms with Gasteiger partial charge < -0.3 is 4.98 Å². The third-order valence-electron chi connectivity index (χ3n) is 1.62. The second-order valence-electron chi connectivity index (χ2n) is 2.53. The summed E-state index contributed by atoms with van der Waals surface area (Å²) in [6.07, 6.45) is 0. The lowest BCUT2D eigenvalue weighted by Gasteiger charge is -1.88. The Morgan fingerprint density at radius 2 is 2.18 bits per heavy atom. The zero-order valence-electron chi connectivity index (χ0n) is 6.29. The van der Waals surface area contributed by atoms with Crippen molar-refractivity contribution in [2.24, 2.45) is 0 Å². The molecule has 0 aliphatic heterocycles. The van der Waals surface area contributed by atoms with Gasteiger partial charge in [-0.3, -0.25) is 0 Å². The van der Waals surface area contributed by atoms with Crippen LogP contribution in [0.1, 0.15) is 5.69 Å². The summed E-state index contributed by atoms with van der Waals surface area (Å²) in [6, 6.07) is 8.39. The van der Waals surface area contributed by atoms with E-state index in [0.717, 1.165) is 0 Å². The second-order valence-corrected chi connectivity index (χ2v) is 3.48. The third-order valence-corrected chi connectivity index (χ3v) is 2.52. The topological polar surface area (TPSA) is 15.8 Å². The minimum absolute atomic E-state index is 1.22. The van der Waals surface area contributed by atoms with Crippen LogP contribution in [0.15, 0.2) is 29.6 Å². The molecule has 2 aromatic heterocycles. The van der Waals surface area contributed by atoms with Crippen LogP contribution in [0.25, 0.3) is 10.6 Å². The fourth-order valence-electron chi connectivity index (χ4n) is 1.08. The van der Waals surface area contributed by atoms with Crippen molar-refractivity contribution in [1.29, 1.82) is 0 Å². The molecule has 2 aromatic rings. The van der Waals surface area contributed by atoms with Crippen molar-refractivity contribution in [3.63, 3.8) is 0 Å². The largest absolute Gasteiger partial charge is 0.358 e. The van der Waals surface area contributed by atoms with Crippen molar-refractivity contribution in [3.8, 4) is 10.6 Å². The van der Waals surface area contributed by atoms with Gasteiger partial charge in [0.25, 0.3) is 0 Å². The fourth-order valence-corrected chi connectivity index (χ4v) is 1.79. The Balaban J connectivity index is 2.45. The number of hydrogen-bond donors (Lipinski definition) is 1. The van der Waals surface area contributed by atoms with Crippen LogP contribution in [0, 0.1) is 6.92 Å². The molecule has 1 N–H and O–H groups in total. The quantitative estimate of drug-likeness (QED) is 0.665. The van der Waals surface area contributed by atoms with Crippen LogP contribution >= 0.6 is 11.3 Å². The SMILES string of the molecule is Cc1ccc(-c2cccs2)[nH]1. The number of thiophene rings is 1. The number of aromatic amines is 1. The molecular formula is C9H9NS. The second kappa shape index (κ2) is 2.55. The first-order chi connectivity index (χ1) is 5.36. The lowest BCUT2D eigenvalue weighted by Crippen LogP contribution is -1.70. The third kappa shape index (κ3) is 1.21. The first kappa shape index (κ1) is 6.68. The van der Waals surface area contributed by atoms with Crippen LogP contribution in [0.5, 0.6) is 0 Å². The lowest BCUT2D eigenvalue weighted by atomic mass is 10.3. The number of nitrogens with one attached hydrogen (secondary N) is 1. The van der Waals surface area contributed by atoms with Gasteiger partial charge >= 0.3 is 0 Å². The molecule has 0 aliphatic carbocycles. The molecule has 0 bridgehead atoms. The molecule has 0 aromatic carbocycles. The molecule has 0 aliphatic rings. The highest BCUT2D eigenvalue weighted by Gasteiger charge is 1.98. The van der Waals surface area contributed by atoms with Gasteiger partial charge in [0.2, 0.25) is 0 Å². The van der Waals surface area contributed by atoms with Crippen LogP contribution in [-0.4, -0.2) is 4.98 Å². The van der Waals surface area contributed by atoms with Gasteiger partial charge in [-0.2, -0.15) is 0 Å². The van der Waals surface area contributed by atoms with Crippen molar-refractivity contribution in [1.82, 2.24) is 4.98 Å². The molecule has 2 heterocycles. The smallest absolute Gasteiger partial charge is 0.0557 e. The van der Waals surface area contributed by atoms with Crippen molar-refractivity contribution < 1.29 is 0 Å². The summed E-state index contributed by atoms with van der Waals surface area (Å²) in [4.78, 5) is 4.59. The molecule has 11 heavy (non-hydrogen) atoms. The van der Waals surface area contributed by atoms with E-state index in [9.17, 15) is 0 Å². The monoisotopic (exact) mass is 163 g/mol. The molecule has 2 heteroatoms. The predicted octanol–water partition coefficient (Wildman–Crippen LogP) is 3.05. The number of rotatable bonds is 1. The molecule has 2 rings (SSSR count). The molecule has 0 amide bonds. The van der Waals surface area contributed by atoms with Gasteiger partial charge in [-0.25, -0.2) is 0 Å². The highest BCUT2D eigenvalue weighted by atomic mass is 32.1.